The van der Waals surface area contributed by atoms with E-state index in [0.717, 1.165) is 48.5 Å². The van der Waals surface area contributed by atoms with Crippen molar-refractivity contribution in [2.24, 2.45) is 0 Å². The van der Waals surface area contributed by atoms with E-state index in [2.05, 4.69) is 27.3 Å². The first-order valence-electron chi connectivity index (χ1n) is 6.01. The summed E-state index contributed by atoms with van der Waals surface area (Å²) in [6, 6.07) is 6.61. The Morgan fingerprint density at radius 1 is 1.35 bits per heavy atom. The van der Waals surface area contributed by atoms with E-state index in [1.807, 2.05) is 12.1 Å². The van der Waals surface area contributed by atoms with Gasteiger partial charge in [-0.25, -0.2) is 0 Å². The van der Waals surface area contributed by atoms with E-state index in [-0.39, 0.29) is 0 Å². The molecule has 0 aromatic heterocycles. The van der Waals surface area contributed by atoms with Crippen molar-refractivity contribution in [3.8, 4) is 0 Å². The molecule has 1 heterocycles. The van der Waals surface area contributed by atoms with Gasteiger partial charge in [-0.05, 0) is 49.6 Å². The highest BCUT2D eigenvalue weighted by Crippen LogP contribution is 2.21. The molecule has 0 spiro atoms. The molecule has 0 unspecified atom stereocenters. The lowest BCUT2D eigenvalue weighted by Gasteiger charge is -2.23. The third-order valence-corrected chi connectivity index (χ3v) is 3.92. The molecule has 1 aromatic carbocycles. The Morgan fingerprint density at radius 3 is 2.88 bits per heavy atom. The van der Waals surface area contributed by atoms with Crippen molar-refractivity contribution in [2.45, 2.75) is 25.3 Å². The molecular formula is C13H17BrClNO. The average Bonchev–Trinajstić information content (AvgIpc) is 2.35. The van der Waals surface area contributed by atoms with Crippen molar-refractivity contribution < 1.29 is 4.74 Å². The van der Waals surface area contributed by atoms with E-state index in [1.54, 1.807) is 0 Å². The topological polar surface area (TPSA) is 21.3 Å². The fraction of sp³-hybridized carbons (Fsp3) is 0.538. The molecule has 94 valence electrons. The van der Waals surface area contributed by atoms with E-state index >= 15 is 0 Å². The Labute approximate surface area is 116 Å². The van der Waals surface area contributed by atoms with Gasteiger partial charge in [-0.3, -0.25) is 0 Å². The third kappa shape index (κ3) is 4.25. The maximum atomic E-state index is 6.15. The van der Waals surface area contributed by atoms with Gasteiger partial charge in [0.15, 0.2) is 0 Å². The Balaban J connectivity index is 1.79. The van der Waals surface area contributed by atoms with Crippen LogP contribution in [0.3, 0.4) is 0 Å². The van der Waals surface area contributed by atoms with Gasteiger partial charge in [0.25, 0.3) is 0 Å². The monoisotopic (exact) mass is 317 g/mol. The Bertz CT molecular complexity index is 366. The zero-order valence-corrected chi connectivity index (χ0v) is 12.1. The summed E-state index contributed by atoms with van der Waals surface area (Å²) in [6.45, 7) is 2.74. The van der Waals surface area contributed by atoms with Crippen molar-refractivity contribution in [2.75, 3.05) is 19.8 Å². The van der Waals surface area contributed by atoms with Gasteiger partial charge >= 0.3 is 0 Å². The zero-order chi connectivity index (χ0) is 12.1. The molecule has 1 fully saturated rings. The first-order valence-corrected chi connectivity index (χ1v) is 7.18. The highest BCUT2D eigenvalue weighted by molar-refractivity contribution is 9.10. The molecule has 2 rings (SSSR count). The molecule has 0 radical (unpaired) electrons. The minimum atomic E-state index is 0.606. The Hall–Kier alpha value is -0.0900. The number of ether oxygens (including phenoxy) is 1. The highest BCUT2D eigenvalue weighted by atomic mass is 79.9. The first kappa shape index (κ1) is 13.3. The second-order valence-corrected chi connectivity index (χ2v) is 5.65. The predicted molar refractivity (Wildman–Crippen MR) is 74.7 cm³/mol. The number of halogens is 2. The molecule has 0 bridgehead atoms. The van der Waals surface area contributed by atoms with Crippen molar-refractivity contribution >= 4 is 27.5 Å². The summed E-state index contributed by atoms with van der Waals surface area (Å²) < 4.78 is 6.42. The van der Waals surface area contributed by atoms with Gasteiger partial charge < -0.3 is 10.1 Å². The predicted octanol–water partition coefficient (Wildman–Crippen LogP) is 3.41. The second-order valence-electron chi connectivity index (χ2n) is 4.33. The van der Waals surface area contributed by atoms with Crippen molar-refractivity contribution in [1.29, 1.82) is 0 Å². The van der Waals surface area contributed by atoms with Crippen molar-refractivity contribution in [3.05, 3.63) is 33.3 Å². The van der Waals surface area contributed by atoms with Gasteiger partial charge in [0, 0.05) is 28.8 Å². The van der Waals surface area contributed by atoms with Gasteiger partial charge in [-0.1, -0.05) is 27.5 Å². The molecule has 4 heteroatoms. The largest absolute Gasteiger partial charge is 0.381 e. The summed E-state index contributed by atoms with van der Waals surface area (Å²) in [4.78, 5) is 0. The van der Waals surface area contributed by atoms with Crippen LogP contribution < -0.4 is 5.32 Å². The fourth-order valence-corrected chi connectivity index (χ4v) is 2.67. The minimum absolute atomic E-state index is 0.606. The van der Waals surface area contributed by atoms with Crippen molar-refractivity contribution in [3.63, 3.8) is 0 Å². The van der Waals surface area contributed by atoms with Crippen LogP contribution in [-0.4, -0.2) is 25.8 Å². The molecule has 0 saturated carbocycles. The maximum Gasteiger partial charge on any atom is 0.0480 e. The van der Waals surface area contributed by atoms with Crippen LogP contribution in [0.15, 0.2) is 22.7 Å². The maximum absolute atomic E-state index is 6.15. The van der Waals surface area contributed by atoms with Crippen LogP contribution in [0.1, 0.15) is 18.4 Å². The normalized spacial score (nSPS) is 17.3. The second kappa shape index (κ2) is 6.74. The van der Waals surface area contributed by atoms with E-state index < -0.39 is 0 Å². The van der Waals surface area contributed by atoms with E-state index in [0.29, 0.717) is 6.04 Å². The molecule has 0 amide bonds. The minimum Gasteiger partial charge on any atom is -0.381 e. The van der Waals surface area contributed by atoms with Crippen LogP contribution in [0.5, 0.6) is 0 Å². The van der Waals surface area contributed by atoms with E-state index in [9.17, 15) is 0 Å². The number of hydrogen-bond acceptors (Lipinski definition) is 2. The lowest BCUT2D eigenvalue weighted by Crippen LogP contribution is -2.35. The number of nitrogens with one attached hydrogen (secondary N) is 1. The molecule has 1 saturated heterocycles. The molecule has 1 aliphatic heterocycles. The quantitative estimate of drug-likeness (QED) is 0.918. The first-order chi connectivity index (χ1) is 8.25. The van der Waals surface area contributed by atoms with Gasteiger partial charge in [-0.15, -0.1) is 0 Å². The summed E-state index contributed by atoms with van der Waals surface area (Å²) >= 11 is 9.62. The molecule has 0 aliphatic carbocycles. The summed E-state index contributed by atoms with van der Waals surface area (Å²) in [7, 11) is 0. The summed E-state index contributed by atoms with van der Waals surface area (Å²) in [6.07, 6.45) is 3.20. The van der Waals surface area contributed by atoms with Crippen LogP contribution in [0.4, 0.5) is 0 Å². The average molecular weight is 319 g/mol. The van der Waals surface area contributed by atoms with Gasteiger partial charge in [0.2, 0.25) is 0 Å². The number of rotatable bonds is 4. The van der Waals surface area contributed by atoms with Crippen LogP contribution in [-0.2, 0) is 11.2 Å². The Morgan fingerprint density at radius 2 is 2.12 bits per heavy atom. The molecule has 17 heavy (non-hydrogen) atoms. The standard InChI is InChI=1S/C13H17BrClNO/c14-11-1-2-13(15)10(9-11)3-6-16-12-4-7-17-8-5-12/h1-2,9,12,16H,3-8H2. The van der Waals surface area contributed by atoms with Gasteiger partial charge in [0.05, 0.1) is 0 Å². The number of benzene rings is 1. The van der Waals surface area contributed by atoms with Crippen LogP contribution >= 0.6 is 27.5 Å². The smallest absolute Gasteiger partial charge is 0.0480 e. The fourth-order valence-electron chi connectivity index (χ4n) is 2.05. The summed E-state index contributed by atoms with van der Waals surface area (Å²) in [5, 5.41) is 4.41. The van der Waals surface area contributed by atoms with Crippen LogP contribution in [0.25, 0.3) is 0 Å². The van der Waals surface area contributed by atoms with Gasteiger partial charge in [-0.2, -0.15) is 0 Å². The third-order valence-electron chi connectivity index (χ3n) is 3.06. The number of hydrogen-bond donors (Lipinski definition) is 1. The molecule has 1 N–H and O–H groups in total. The molecule has 2 nitrogen and oxygen atoms in total. The van der Waals surface area contributed by atoms with E-state index in [4.69, 9.17) is 16.3 Å². The highest BCUT2D eigenvalue weighted by Gasteiger charge is 2.12. The van der Waals surface area contributed by atoms with Crippen molar-refractivity contribution in [1.82, 2.24) is 5.32 Å². The van der Waals surface area contributed by atoms with Crippen LogP contribution in [0.2, 0.25) is 5.02 Å². The SMILES string of the molecule is Clc1ccc(Br)cc1CCNC1CCOCC1. The summed E-state index contributed by atoms with van der Waals surface area (Å²) in [5.74, 6) is 0. The molecule has 1 aromatic rings. The molecule has 1 aliphatic rings. The lowest BCUT2D eigenvalue weighted by atomic mass is 10.1. The zero-order valence-electron chi connectivity index (χ0n) is 9.72. The lowest BCUT2D eigenvalue weighted by molar-refractivity contribution is 0.0782. The van der Waals surface area contributed by atoms with Crippen LogP contribution in [0, 0.1) is 0 Å². The van der Waals surface area contributed by atoms with Gasteiger partial charge in [0.1, 0.15) is 0 Å². The molecule has 0 atom stereocenters. The molecular weight excluding hydrogens is 302 g/mol. The Kier molecular flexibility index (Phi) is 5.29. The van der Waals surface area contributed by atoms with E-state index in [1.165, 1.54) is 5.56 Å². The summed E-state index contributed by atoms with van der Waals surface area (Å²) in [5.41, 5.74) is 1.20.